The first-order chi connectivity index (χ1) is 30.0. The molecule has 13 heteroatoms. The summed E-state index contributed by atoms with van der Waals surface area (Å²) in [4.78, 5) is 25.5. The molecular formula is C49H88O12S. The maximum atomic E-state index is 12.8. The Morgan fingerprint density at radius 1 is 0.548 bits per heavy atom. The van der Waals surface area contributed by atoms with E-state index >= 15 is 0 Å². The number of carbonyl (C=O) groups is 2. The van der Waals surface area contributed by atoms with E-state index in [0.717, 1.165) is 64.2 Å². The van der Waals surface area contributed by atoms with Crippen molar-refractivity contribution in [3.05, 3.63) is 36.5 Å². The van der Waals surface area contributed by atoms with Gasteiger partial charge in [0.2, 0.25) is 0 Å². The normalized spacial score (nSPS) is 20.1. The smallest absolute Gasteiger partial charge is 0.306 e. The van der Waals surface area contributed by atoms with E-state index in [-0.39, 0.29) is 19.4 Å². The van der Waals surface area contributed by atoms with Gasteiger partial charge in [0.25, 0.3) is 10.1 Å². The van der Waals surface area contributed by atoms with Crippen molar-refractivity contribution in [2.75, 3.05) is 19.0 Å². The van der Waals surface area contributed by atoms with Crippen LogP contribution >= 0.6 is 0 Å². The third-order valence-corrected chi connectivity index (χ3v) is 11.9. The number of unbranched alkanes of at least 4 members (excludes halogenated alkanes) is 23. The van der Waals surface area contributed by atoms with Crippen LogP contribution in [0.1, 0.15) is 206 Å². The number of hydrogen-bond donors (Lipinski definition) is 4. The maximum Gasteiger partial charge on any atom is 0.306 e. The van der Waals surface area contributed by atoms with Crippen molar-refractivity contribution in [3.8, 4) is 0 Å². The molecule has 62 heavy (non-hydrogen) atoms. The van der Waals surface area contributed by atoms with E-state index in [1.165, 1.54) is 103 Å². The molecule has 1 heterocycles. The molecule has 0 spiro atoms. The topological polar surface area (TPSA) is 186 Å². The molecule has 12 nitrogen and oxygen atoms in total. The number of aliphatic hydroxyl groups excluding tert-OH is 3. The number of allylic oxidation sites excluding steroid dienone is 6. The lowest BCUT2D eigenvalue weighted by Gasteiger charge is -2.40. The Morgan fingerprint density at radius 3 is 1.47 bits per heavy atom. The summed E-state index contributed by atoms with van der Waals surface area (Å²) < 4.78 is 54.1. The Morgan fingerprint density at radius 2 is 0.968 bits per heavy atom. The van der Waals surface area contributed by atoms with Crippen LogP contribution in [-0.4, -0.2) is 96.0 Å². The third kappa shape index (κ3) is 33.4. The predicted octanol–water partition coefficient (Wildman–Crippen LogP) is 10.6. The molecule has 4 N–H and O–H groups in total. The molecule has 1 rings (SSSR count). The predicted molar refractivity (Wildman–Crippen MR) is 247 cm³/mol. The molecule has 0 aromatic carbocycles. The minimum absolute atomic E-state index is 0.148. The number of esters is 2. The van der Waals surface area contributed by atoms with Gasteiger partial charge in [-0.3, -0.25) is 14.1 Å². The van der Waals surface area contributed by atoms with E-state index in [0.29, 0.717) is 12.8 Å². The van der Waals surface area contributed by atoms with Gasteiger partial charge >= 0.3 is 11.9 Å². The molecule has 1 aliphatic heterocycles. The Balaban J connectivity index is 2.40. The van der Waals surface area contributed by atoms with Gasteiger partial charge < -0.3 is 34.3 Å². The highest BCUT2D eigenvalue weighted by Gasteiger charge is 2.46. The largest absolute Gasteiger partial charge is 0.462 e. The molecule has 0 aromatic rings. The van der Waals surface area contributed by atoms with Crippen LogP contribution in [0, 0.1) is 0 Å². The lowest BCUT2D eigenvalue weighted by molar-refractivity contribution is -0.297. The molecule has 362 valence electrons. The van der Waals surface area contributed by atoms with Crippen molar-refractivity contribution < 1.29 is 56.8 Å². The zero-order chi connectivity index (χ0) is 45.5. The molecule has 0 radical (unpaired) electrons. The van der Waals surface area contributed by atoms with Gasteiger partial charge in [0, 0.05) is 12.8 Å². The second-order valence-electron chi connectivity index (χ2n) is 17.1. The lowest BCUT2D eigenvalue weighted by atomic mass is 10.00. The fourth-order valence-corrected chi connectivity index (χ4v) is 8.04. The van der Waals surface area contributed by atoms with Crippen LogP contribution in [0.25, 0.3) is 0 Å². The van der Waals surface area contributed by atoms with Gasteiger partial charge in [-0.2, -0.15) is 8.42 Å². The summed E-state index contributed by atoms with van der Waals surface area (Å²) in [7, 11) is -4.61. The zero-order valence-corrected chi connectivity index (χ0v) is 39.5. The molecule has 1 fully saturated rings. The molecule has 0 amide bonds. The van der Waals surface area contributed by atoms with Crippen molar-refractivity contribution in [2.45, 2.75) is 243 Å². The van der Waals surface area contributed by atoms with Gasteiger partial charge in [-0.05, 0) is 70.6 Å². The zero-order valence-electron chi connectivity index (χ0n) is 38.7. The molecule has 6 atom stereocenters. The Kier molecular flexibility index (Phi) is 36.6. The van der Waals surface area contributed by atoms with E-state index in [9.17, 15) is 37.9 Å². The minimum atomic E-state index is -4.61. The first-order valence-corrected chi connectivity index (χ1v) is 26.2. The third-order valence-electron chi connectivity index (χ3n) is 11.2. The first kappa shape index (κ1) is 57.9. The maximum absolute atomic E-state index is 12.8. The molecule has 1 aliphatic rings. The van der Waals surface area contributed by atoms with Crippen LogP contribution < -0.4 is 0 Å². The van der Waals surface area contributed by atoms with Crippen molar-refractivity contribution in [1.82, 2.24) is 0 Å². The first-order valence-electron chi connectivity index (χ1n) is 24.5. The average molecular weight is 901 g/mol. The monoisotopic (exact) mass is 901 g/mol. The van der Waals surface area contributed by atoms with Crippen LogP contribution in [0.2, 0.25) is 0 Å². The van der Waals surface area contributed by atoms with Crippen LogP contribution in [-0.2, 0) is 38.7 Å². The van der Waals surface area contributed by atoms with Gasteiger partial charge in [-0.15, -0.1) is 0 Å². The standard InChI is InChI=1S/C49H88O12S/c1-3-5-7-9-11-13-15-17-19-20-21-22-24-25-27-29-31-33-35-37-44(50)58-39-42(40-59-49-48(54)47(53)46(52)43(61-49)41-62(55,56)57)60-45(51)38-36-34-32-30-28-26-23-18-16-14-12-10-8-6-4-2/h12,14,17-19,23,42-43,46-49,52-54H,3-11,13,15-16,20-22,24-41H2,1-2H3,(H,55,56,57)/b14-12-,19-17-,23-18-. The highest BCUT2D eigenvalue weighted by Crippen LogP contribution is 2.24. The van der Waals surface area contributed by atoms with Crippen molar-refractivity contribution in [2.24, 2.45) is 0 Å². The molecule has 0 bridgehead atoms. The van der Waals surface area contributed by atoms with Crippen LogP contribution in [0.3, 0.4) is 0 Å². The van der Waals surface area contributed by atoms with Crippen molar-refractivity contribution >= 4 is 22.1 Å². The Labute approximate surface area is 376 Å². The Hall–Kier alpha value is -2.13. The average Bonchev–Trinajstić information content (AvgIpc) is 3.24. The Bertz CT molecular complexity index is 1290. The van der Waals surface area contributed by atoms with Crippen molar-refractivity contribution in [1.29, 1.82) is 0 Å². The molecular weight excluding hydrogens is 813 g/mol. The summed E-state index contributed by atoms with van der Waals surface area (Å²) in [5.74, 6) is -2.00. The van der Waals surface area contributed by atoms with Gasteiger partial charge in [-0.25, -0.2) is 0 Å². The highest BCUT2D eigenvalue weighted by molar-refractivity contribution is 7.85. The second-order valence-corrected chi connectivity index (χ2v) is 18.6. The van der Waals surface area contributed by atoms with Gasteiger partial charge in [0.05, 0.1) is 6.61 Å². The number of ether oxygens (including phenoxy) is 4. The van der Waals surface area contributed by atoms with E-state index < -0.39 is 71.2 Å². The summed E-state index contributed by atoms with van der Waals surface area (Å²) in [5, 5.41) is 30.9. The quantitative estimate of drug-likeness (QED) is 0.0197. The SMILES string of the molecule is CCCCC/C=C\C/C=C\CCCCCCCC(=O)OC(COC(=O)CCCCCCCCCCC/C=C\CCCCCCCC)COC1OC(CS(=O)(=O)O)C(O)C(O)C1O. The summed E-state index contributed by atoms with van der Waals surface area (Å²) >= 11 is 0. The van der Waals surface area contributed by atoms with Crippen LogP contribution in [0.5, 0.6) is 0 Å². The molecule has 0 aromatic heterocycles. The van der Waals surface area contributed by atoms with Gasteiger partial charge in [0.1, 0.15) is 36.8 Å². The molecule has 0 saturated carbocycles. The number of aliphatic hydroxyl groups is 3. The fraction of sp³-hybridized carbons (Fsp3) is 0.837. The number of hydrogen-bond acceptors (Lipinski definition) is 11. The van der Waals surface area contributed by atoms with E-state index in [1.54, 1.807) is 0 Å². The second kappa shape index (κ2) is 39.3. The summed E-state index contributed by atoms with van der Waals surface area (Å²) in [6.45, 7) is 3.73. The minimum Gasteiger partial charge on any atom is -0.462 e. The number of rotatable bonds is 41. The fourth-order valence-electron chi connectivity index (χ4n) is 7.35. The van der Waals surface area contributed by atoms with Crippen LogP contribution in [0.15, 0.2) is 36.5 Å². The summed E-state index contributed by atoms with van der Waals surface area (Å²) in [5.41, 5.74) is 0. The van der Waals surface area contributed by atoms with Crippen molar-refractivity contribution in [3.63, 3.8) is 0 Å². The molecule has 1 saturated heterocycles. The summed E-state index contributed by atoms with van der Waals surface area (Å²) in [6.07, 6.45) is 36.1. The van der Waals surface area contributed by atoms with E-state index in [1.807, 2.05) is 0 Å². The van der Waals surface area contributed by atoms with Crippen LogP contribution in [0.4, 0.5) is 0 Å². The molecule has 0 aliphatic carbocycles. The molecule has 6 unspecified atom stereocenters. The lowest BCUT2D eigenvalue weighted by Crippen LogP contribution is -2.60. The van der Waals surface area contributed by atoms with Gasteiger partial charge in [-0.1, -0.05) is 159 Å². The van der Waals surface area contributed by atoms with E-state index in [2.05, 4.69) is 50.3 Å². The highest BCUT2D eigenvalue weighted by atomic mass is 32.2. The van der Waals surface area contributed by atoms with E-state index in [4.69, 9.17) is 18.9 Å². The van der Waals surface area contributed by atoms with Gasteiger partial charge in [0.15, 0.2) is 12.4 Å². The number of carbonyl (C=O) groups excluding carboxylic acids is 2. The summed E-state index contributed by atoms with van der Waals surface area (Å²) in [6, 6.07) is 0.